The summed E-state index contributed by atoms with van der Waals surface area (Å²) in [5, 5.41) is 0. The van der Waals surface area contributed by atoms with Gasteiger partial charge in [0.2, 0.25) is 11.6 Å². The lowest BCUT2D eigenvalue weighted by molar-refractivity contribution is -0.133. The molecule has 3 heteroatoms. The molecule has 3 rings (SSSR count). The summed E-state index contributed by atoms with van der Waals surface area (Å²) >= 11 is 0. The summed E-state index contributed by atoms with van der Waals surface area (Å²) < 4.78 is 5.87. The Morgan fingerprint density at radius 1 is 1.00 bits per heavy atom. The molecule has 0 bridgehead atoms. The lowest BCUT2D eigenvalue weighted by Gasteiger charge is -2.38. The molecule has 0 saturated heterocycles. The summed E-state index contributed by atoms with van der Waals surface area (Å²) in [6.07, 6.45) is 4.38. The van der Waals surface area contributed by atoms with Crippen LogP contribution in [0.2, 0.25) is 0 Å². The summed E-state index contributed by atoms with van der Waals surface area (Å²) in [6.45, 7) is 0. The van der Waals surface area contributed by atoms with Gasteiger partial charge in [-0.15, -0.1) is 0 Å². The Hall–Kier alpha value is -1.64. The van der Waals surface area contributed by atoms with E-state index in [2.05, 4.69) is 0 Å². The zero-order valence-corrected chi connectivity index (χ0v) is 9.57. The van der Waals surface area contributed by atoms with Gasteiger partial charge in [0.15, 0.2) is 5.60 Å². The highest BCUT2D eigenvalue weighted by Gasteiger charge is 2.49. The van der Waals surface area contributed by atoms with E-state index in [-0.39, 0.29) is 11.6 Å². The lowest BCUT2D eigenvalue weighted by atomic mass is 9.77. The molecule has 1 saturated carbocycles. The Morgan fingerprint density at radius 3 is 2.47 bits per heavy atom. The minimum atomic E-state index is -0.857. The zero-order chi connectivity index (χ0) is 11.9. The van der Waals surface area contributed by atoms with Crippen LogP contribution in [0, 0.1) is 0 Å². The third-order valence-corrected chi connectivity index (χ3v) is 3.72. The molecular weight excluding hydrogens is 216 g/mol. The highest BCUT2D eigenvalue weighted by Crippen LogP contribution is 2.39. The molecule has 1 aromatic carbocycles. The summed E-state index contributed by atoms with van der Waals surface area (Å²) in [4.78, 5) is 24.3. The molecule has 0 amide bonds. The second-order valence-corrected chi connectivity index (χ2v) is 4.81. The maximum atomic E-state index is 12.2. The average Bonchev–Trinajstić information content (AvgIpc) is 2.37. The Labute approximate surface area is 99.8 Å². The third-order valence-electron chi connectivity index (χ3n) is 3.72. The number of fused-ring (bicyclic) bond motifs is 1. The second kappa shape index (κ2) is 3.69. The fourth-order valence-corrected chi connectivity index (χ4v) is 2.78. The maximum Gasteiger partial charge on any atom is 0.246 e. The summed E-state index contributed by atoms with van der Waals surface area (Å²) in [5.41, 5.74) is -0.447. The van der Waals surface area contributed by atoms with Crippen molar-refractivity contribution < 1.29 is 14.3 Å². The quantitative estimate of drug-likeness (QED) is 0.643. The molecule has 0 unspecified atom stereocenters. The first kappa shape index (κ1) is 10.5. The van der Waals surface area contributed by atoms with Crippen LogP contribution in [0.1, 0.15) is 42.5 Å². The number of rotatable bonds is 0. The molecule has 1 aromatic rings. The minimum absolute atomic E-state index is 0.351. The van der Waals surface area contributed by atoms with E-state index in [1.165, 1.54) is 0 Å². The first-order valence-corrected chi connectivity index (χ1v) is 6.10. The van der Waals surface area contributed by atoms with Crippen molar-refractivity contribution in [1.82, 2.24) is 0 Å². The molecule has 1 heterocycles. The van der Waals surface area contributed by atoms with Gasteiger partial charge in [-0.05, 0) is 37.8 Å². The molecule has 1 aliphatic carbocycles. The van der Waals surface area contributed by atoms with E-state index in [0.717, 1.165) is 19.3 Å². The monoisotopic (exact) mass is 230 g/mol. The SMILES string of the molecule is O=C1C(=O)C2(CCCCC2)Oc2ccccc21. The molecule has 2 aliphatic rings. The number of ether oxygens (including phenoxy) is 1. The van der Waals surface area contributed by atoms with E-state index >= 15 is 0 Å². The summed E-state index contributed by atoms with van der Waals surface area (Å²) in [5.74, 6) is -0.163. The number of hydrogen-bond donors (Lipinski definition) is 0. The van der Waals surface area contributed by atoms with Crippen molar-refractivity contribution in [2.45, 2.75) is 37.7 Å². The number of hydrogen-bond acceptors (Lipinski definition) is 3. The van der Waals surface area contributed by atoms with Crippen LogP contribution >= 0.6 is 0 Å². The van der Waals surface area contributed by atoms with Crippen molar-refractivity contribution in [3.05, 3.63) is 29.8 Å². The van der Waals surface area contributed by atoms with Crippen LogP contribution in [-0.4, -0.2) is 17.2 Å². The molecule has 1 aliphatic heterocycles. The van der Waals surface area contributed by atoms with Crippen LogP contribution in [0.4, 0.5) is 0 Å². The second-order valence-electron chi connectivity index (χ2n) is 4.81. The number of ketones is 2. The van der Waals surface area contributed by atoms with E-state index in [0.29, 0.717) is 24.2 Å². The fourth-order valence-electron chi connectivity index (χ4n) is 2.78. The molecule has 1 spiro atoms. The van der Waals surface area contributed by atoms with E-state index in [4.69, 9.17) is 4.74 Å². The van der Waals surface area contributed by atoms with Gasteiger partial charge in [-0.25, -0.2) is 0 Å². The number of carbonyl (C=O) groups is 2. The predicted octanol–water partition coefficient (Wildman–Crippen LogP) is 2.53. The molecule has 0 aromatic heterocycles. The van der Waals surface area contributed by atoms with E-state index < -0.39 is 5.60 Å². The van der Waals surface area contributed by atoms with E-state index in [1.54, 1.807) is 18.2 Å². The normalized spacial score (nSPS) is 22.1. The Morgan fingerprint density at radius 2 is 1.71 bits per heavy atom. The molecule has 17 heavy (non-hydrogen) atoms. The lowest BCUT2D eigenvalue weighted by Crippen LogP contribution is -2.52. The molecule has 88 valence electrons. The van der Waals surface area contributed by atoms with Crippen molar-refractivity contribution in [1.29, 1.82) is 0 Å². The first-order valence-electron chi connectivity index (χ1n) is 6.10. The molecule has 1 fully saturated rings. The number of Topliss-reactive ketones (excluding diaryl/α,β-unsaturated/α-hetero) is 2. The van der Waals surface area contributed by atoms with E-state index in [9.17, 15) is 9.59 Å². The van der Waals surface area contributed by atoms with Crippen LogP contribution < -0.4 is 4.74 Å². The van der Waals surface area contributed by atoms with Crippen molar-refractivity contribution in [3.8, 4) is 5.75 Å². The number of para-hydroxylation sites is 1. The van der Waals surface area contributed by atoms with Crippen molar-refractivity contribution in [2.24, 2.45) is 0 Å². The molecular formula is C14H14O3. The molecule has 0 N–H and O–H groups in total. The highest BCUT2D eigenvalue weighted by atomic mass is 16.5. The number of carbonyl (C=O) groups excluding carboxylic acids is 2. The average molecular weight is 230 g/mol. The Bertz CT molecular complexity index is 484. The van der Waals surface area contributed by atoms with Gasteiger partial charge in [-0.3, -0.25) is 9.59 Å². The largest absolute Gasteiger partial charge is 0.478 e. The minimum Gasteiger partial charge on any atom is -0.478 e. The van der Waals surface area contributed by atoms with Gasteiger partial charge >= 0.3 is 0 Å². The standard InChI is InChI=1S/C14H14O3/c15-12-10-6-2-3-7-11(10)17-14(13(12)16)8-4-1-5-9-14/h2-3,6-7H,1,4-5,8-9H2. The van der Waals surface area contributed by atoms with Gasteiger partial charge in [0.05, 0.1) is 5.56 Å². The predicted molar refractivity (Wildman–Crippen MR) is 62.2 cm³/mol. The molecule has 0 radical (unpaired) electrons. The number of benzene rings is 1. The summed E-state index contributed by atoms with van der Waals surface area (Å²) in [7, 11) is 0. The van der Waals surface area contributed by atoms with Gasteiger partial charge in [0, 0.05) is 0 Å². The molecule has 0 atom stereocenters. The van der Waals surface area contributed by atoms with Crippen LogP contribution in [0.3, 0.4) is 0 Å². The maximum absolute atomic E-state index is 12.2. The van der Waals surface area contributed by atoms with Gasteiger partial charge in [0.25, 0.3) is 0 Å². The highest BCUT2D eigenvalue weighted by molar-refractivity contribution is 6.47. The van der Waals surface area contributed by atoms with Gasteiger partial charge in [0.1, 0.15) is 5.75 Å². The van der Waals surface area contributed by atoms with Crippen molar-refractivity contribution in [2.75, 3.05) is 0 Å². The topological polar surface area (TPSA) is 43.4 Å². The van der Waals surface area contributed by atoms with Crippen LogP contribution in [0.25, 0.3) is 0 Å². The van der Waals surface area contributed by atoms with Gasteiger partial charge in [-0.2, -0.15) is 0 Å². The Balaban J connectivity index is 2.06. The van der Waals surface area contributed by atoms with Gasteiger partial charge < -0.3 is 4.74 Å². The smallest absolute Gasteiger partial charge is 0.246 e. The van der Waals surface area contributed by atoms with E-state index in [1.807, 2.05) is 6.07 Å². The van der Waals surface area contributed by atoms with Crippen molar-refractivity contribution >= 4 is 11.6 Å². The first-order chi connectivity index (χ1) is 8.23. The van der Waals surface area contributed by atoms with Crippen LogP contribution in [-0.2, 0) is 4.79 Å². The van der Waals surface area contributed by atoms with Crippen LogP contribution in [0.15, 0.2) is 24.3 Å². The van der Waals surface area contributed by atoms with Crippen molar-refractivity contribution in [3.63, 3.8) is 0 Å². The molecule has 3 nitrogen and oxygen atoms in total. The zero-order valence-electron chi connectivity index (χ0n) is 9.57. The third kappa shape index (κ3) is 1.49. The Kier molecular flexibility index (Phi) is 2.28. The van der Waals surface area contributed by atoms with Gasteiger partial charge in [-0.1, -0.05) is 18.6 Å². The van der Waals surface area contributed by atoms with Crippen LogP contribution in [0.5, 0.6) is 5.75 Å². The summed E-state index contributed by atoms with van der Waals surface area (Å²) in [6, 6.07) is 7.02. The fraction of sp³-hybridized carbons (Fsp3) is 0.429.